The Morgan fingerprint density at radius 2 is 1.94 bits per heavy atom. The summed E-state index contributed by atoms with van der Waals surface area (Å²) in [7, 11) is 0. The van der Waals surface area contributed by atoms with Crippen molar-refractivity contribution < 1.29 is 19.1 Å². The highest BCUT2D eigenvalue weighted by molar-refractivity contribution is 7.99. The van der Waals surface area contributed by atoms with Gasteiger partial charge in [-0.05, 0) is 13.8 Å². The average Bonchev–Trinajstić information content (AvgIpc) is 2.31. The molecule has 0 saturated carbocycles. The van der Waals surface area contributed by atoms with E-state index in [1.54, 1.807) is 13.8 Å². The molecule has 2 amide bonds. The maximum atomic E-state index is 11.7. The Balaban J connectivity index is 3.95. The van der Waals surface area contributed by atoms with Gasteiger partial charge in [0.15, 0.2) is 0 Å². The Hall–Kier alpha value is -1.24. The molecule has 0 aromatic heterocycles. The number of amides is 2. The molecule has 0 spiro atoms. The maximum Gasteiger partial charge on any atom is 0.325 e. The van der Waals surface area contributed by atoms with Crippen molar-refractivity contribution in [3.05, 3.63) is 0 Å². The van der Waals surface area contributed by atoms with Gasteiger partial charge >= 0.3 is 5.97 Å². The summed E-state index contributed by atoms with van der Waals surface area (Å²) < 4.78 is 4.78. The summed E-state index contributed by atoms with van der Waals surface area (Å²) in [6.45, 7) is 4.25. The molecule has 0 aromatic rings. The van der Waals surface area contributed by atoms with Crippen LogP contribution in [-0.2, 0) is 19.1 Å². The zero-order chi connectivity index (χ0) is 14.0. The predicted octanol–water partition coefficient (Wildman–Crippen LogP) is 0.00660. The zero-order valence-corrected chi connectivity index (χ0v) is 11.6. The normalized spacial score (nSPS) is 9.89. The van der Waals surface area contributed by atoms with Gasteiger partial charge in [0.25, 0.3) is 0 Å². The second-order valence-corrected chi connectivity index (χ2v) is 4.59. The van der Waals surface area contributed by atoms with Crippen LogP contribution in [0.3, 0.4) is 0 Å². The Bertz CT molecular complexity index is 297. The lowest BCUT2D eigenvalue weighted by Crippen LogP contribution is -2.36. The smallest absolute Gasteiger partial charge is 0.325 e. The number of carbonyl (C=O) groups is 3. The Labute approximate surface area is 111 Å². The van der Waals surface area contributed by atoms with Crippen molar-refractivity contribution >= 4 is 29.5 Å². The van der Waals surface area contributed by atoms with Gasteiger partial charge in [-0.25, -0.2) is 0 Å². The van der Waals surface area contributed by atoms with Crippen LogP contribution in [0, 0.1) is 0 Å². The molecule has 0 fully saturated rings. The van der Waals surface area contributed by atoms with Crippen LogP contribution in [0.25, 0.3) is 0 Å². The van der Waals surface area contributed by atoms with Crippen molar-refractivity contribution in [3.63, 3.8) is 0 Å². The lowest BCUT2D eigenvalue weighted by molar-refractivity contribution is -0.148. The van der Waals surface area contributed by atoms with E-state index in [4.69, 9.17) is 10.5 Å². The van der Waals surface area contributed by atoms with E-state index >= 15 is 0 Å². The second kappa shape index (κ2) is 9.76. The molecule has 6 nitrogen and oxygen atoms in total. The summed E-state index contributed by atoms with van der Waals surface area (Å²) in [5.41, 5.74) is 4.98. The highest BCUT2D eigenvalue weighted by Crippen LogP contribution is 2.04. The molecular weight excluding hydrogens is 256 g/mol. The summed E-state index contributed by atoms with van der Waals surface area (Å²) in [5.74, 6) is -0.204. The highest BCUT2D eigenvalue weighted by Gasteiger charge is 2.15. The molecule has 0 aliphatic heterocycles. The van der Waals surface area contributed by atoms with Gasteiger partial charge in [-0.2, -0.15) is 11.8 Å². The van der Waals surface area contributed by atoms with E-state index in [1.165, 1.54) is 16.7 Å². The van der Waals surface area contributed by atoms with Gasteiger partial charge in [-0.15, -0.1) is 0 Å². The van der Waals surface area contributed by atoms with Crippen molar-refractivity contribution in [2.45, 2.75) is 20.3 Å². The molecule has 7 heteroatoms. The summed E-state index contributed by atoms with van der Waals surface area (Å²) in [6.07, 6.45) is 0.283. The minimum atomic E-state index is -0.405. The number of esters is 1. The molecule has 0 rings (SSSR count). The molecule has 0 heterocycles. The third-order valence-electron chi connectivity index (χ3n) is 2.06. The number of primary amides is 1. The minimum absolute atomic E-state index is 0.0241. The third-order valence-corrected chi connectivity index (χ3v) is 3.05. The standard InChI is InChI=1S/C11H20N2O4S/c1-3-13(7-11(16)17-4-2)10(15)5-6-18-8-9(12)14/h3-8H2,1-2H3,(H2,12,14). The fourth-order valence-corrected chi connectivity index (χ4v) is 1.89. The lowest BCUT2D eigenvalue weighted by atomic mass is 10.4. The van der Waals surface area contributed by atoms with Gasteiger partial charge in [0.1, 0.15) is 6.54 Å². The minimum Gasteiger partial charge on any atom is -0.465 e. The largest absolute Gasteiger partial charge is 0.465 e. The number of hydrogen-bond acceptors (Lipinski definition) is 5. The lowest BCUT2D eigenvalue weighted by Gasteiger charge is -2.19. The van der Waals surface area contributed by atoms with E-state index in [9.17, 15) is 14.4 Å². The van der Waals surface area contributed by atoms with Gasteiger partial charge in [0, 0.05) is 18.7 Å². The van der Waals surface area contributed by atoms with Crippen LogP contribution in [0.4, 0.5) is 0 Å². The first-order valence-electron chi connectivity index (χ1n) is 5.80. The predicted molar refractivity (Wildman–Crippen MR) is 70.0 cm³/mol. The van der Waals surface area contributed by atoms with Crippen LogP contribution < -0.4 is 5.73 Å². The summed E-state index contributed by atoms with van der Waals surface area (Å²) >= 11 is 1.31. The first-order valence-corrected chi connectivity index (χ1v) is 6.96. The van der Waals surface area contributed by atoms with E-state index < -0.39 is 11.9 Å². The third kappa shape index (κ3) is 7.94. The maximum absolute atomic E-state index is 11.7. The van der Waals surface area contributed by atoms with E-state index in [0.717, 1.165) is 0 Å². The molecule has 104 valence electrons. The molecule has 0 unspecified atom stereocenters. The van der Waals surface area contributed by atoms with Crippen LogP contribution in [0.15, 0.2) is 0 Å². The fraction of sp³-hybridized carbons (Fsp3) is 0.727. The molecule has 0 atom stereocenters. The van der Waals surface area contributed by atoms with E-state index in [2.05, 4.69) is 0 Å². The zero-order valence-electron chi connectivity index (χ0n) is 10.8. The molecule has 0 aliphatic carbocycles. The first-order chi connectivity index (χ1) is 8.51. The quantitative estimate of drug-likeness (QED) is 0.473. The van der Waals surface area contributed by atoms with Crippen molar-refractivity contribution in [1.29, 1.82) is 0 Å². The van der Waals surface area contributed by atoms with Crippen LogP contribution in [-0.4, -0.2) is 53.9 Å². The fourth-order valence-electron chi connectivity index (χ4n) is 1.23. The number of carbonyl (C=O) groups excluding carboxylic acids is 3. The molecular formula is C11H20N2O4S. The Morgan fingerprint density at radius 1 is 1.28 bits per heavy atom. The monoisotopic (exact) mass is 276 g/mol. The molecule has 0 saturated heterocycles. The van der Waals surface area contributed by atoms with Crippen molar-refractivity contribution in [2.75, 3.05) is 31.2 Å². The number of thioether (sulfide) groups is 1. The molecule has 0 aliphatic rings. The number of nitrogens with zero attached hydrogens (tertiary/aromatic N) is 1. The van der Waals surface area contributed by atoms with Gasteiger partial charge < -0.3 is 15.4 Å². The molecule has 2 N–H and O–H groups in total. The number of ether oxygens (including phenoxy) is 1. The van der Waals surface area contributed by atoms with Crippen molar-refractivity contribution in [2.24, 2.45) is 5.73 Å². The van der Waals surface area contributed by atoms with E-state index in [-0.39, 0.29) is 24.6 Å². The average molecular weight is 276 g/mol. The Morgan fingerprint density at radius 3 is 2.44 bits per heavy atom. The number of nitrogens with two attached hydrogens (primary N) is 1. The van der Waals surface area contributed by atoms with Crippen LogP contribution >= 0.6 is 11.8 Å². The molecule has 18 heavy (non-hydrogen) atoms. The van der Waals surface area contributed by atoms with Crippen molar-refractivity contribution in [3.8, 4) is 0 Å². The summed E-state index contributed by atoms with van der Waals surface area (Å²) in [4.78, 5) is 34.9. The number of rotatable bonds is 9. The van der Waals surface area contributed by atoms with Crippen molar-refractivity contribution in [1.82, 2.24) is 4.90 Å². The van der Waals surface area contributed by atoms with Crippen LogP contribution in [0.2, 0.25) is 0 Å². The summed E-state index contributed by atoms with van der Waals surface area (Å²) in [5, 5.41) is 0. The number of likely N-dealkylation sites (N-methyl/N-ethyl adjacent to an activating group) is 1. The molecule has 0 radical (unpaired) electrons. The van der Waals surface area contributed by atoms with E-state index in [1.807, 2.05) is 0 Å². The van der Waals surface area contributed by atoms with Gasteiger partial charge in [0.05, 0.1) is 12.4 Å². The van der Waals surface area contributed by atoms with Gasteiger partial charge in [-0.1, -0.05) is 0 Å². The SMILES string of the molecule is CCOC(=O)CN(CC)C(=O)CCSCC(N)=O. The van der Waals surface area contributed by atoms with E-state index in [0.29, 0.717) is 18.9 Å². The topological polar surface area (TPSA) is 89.7 Å². The van der Waals surface area contributed by atoms with Crippen LogP contribution in [0.1, 0.15) is 20.3 Å². The van der Waals surface area contributed by atoms with Crippen LogP contribution in [0.5, 0.6) is 0 Å². The molecule has 0 aromatic carbocycles. The Kier molecular flexibility index (Phi) is 9.08. The number of hydrogen-bond donors (Lipinski definition) is 1. The summed E-state index contributed by atoms with van der Waals surface area (Å²) in [6, 6.07) is 0. The second-order valence-electron chi connectivity index (χ2n) is 3.48. The molecule has 0 bridgehead atoms. The highest BCUT2D eigenvalue weighted by atomic mass is 32.2. The van der Waals surface area contributed by atoms with Gasteiger partial charge in [0.2, 0.25) is 11.8 Å². The first kappa shape index (κ1) is 16.8. The van der Waals surface area contributed by atoms with Gasteiger partial charge in [-0.3, -0.25) is 14.4 Å².